The molecule has 32 heavy (non-hydrogen) atoms. The van der Waals surface area contributed by atoms with E-state index in [2.05, 4.69) is 45.5 Å². The van der Waals surface area contributed by atoms with Gasteiger partial charge in [-0.3, -0.25) is 9.48 Å². The van der Waals surface area contributed by atoms with E-state index >= 15 is 0 Å². The Morgan fingerprint density at radius 2 is 1.91 bits per heavy atom. The maximum absolute atomic E-state index is 13.0. The van der Waals surface area contributed by atoms with Crippen LogP contribution in [0.5, 0.6) is 5.75 Å². The van der Waals surface area contributed by atoms with E-state index in [1.165, 1.54) is 5.56 Å². The Labute approximate surface area is 191 Å². The van der Waals surface area contributed by atoms with Gasteiger partial charge in [0, 0.05) is 44.3 Å². The van der Waals surface area contributed by atoms with Crippen LogP contribution in [0.2, 0.25) is 0 Å². The Hall–Kier alpha value is -2.54. The molecule has 0 atom stereocenters. The first kappa shape index (κ1) is 22.6. The molecule has 1 amide bonds. The van der Waals surface area contributed by atoms with E-state index in [4.69, 9.17) is 4.74 Å². The second-order valence-electron chi connectivity index (χ2n) is 8.90. The predicted octanol–water partition coefficient (Wildman–Crippen LogP) is 3.15. The molecule has 0 spiro atoms. The fourth-order valence-electron chi connectivity index (χ4n) is 4.97. The Bertz CT molecular complexity index is 867. The summed E-state index contributed by atoms with van der Waals surface area (Å²) in [7, 11) is 0. The molecule has 2 aromatic rings. The molecule has 4 rings (SSSR count). The SMILES string of the molecule is CCNC1CCC(C(=O)N2CCN(c3cnn(Cc4cccc(OCC)c4)c3)CC2)CC1. The minimum absolute atomic E-state index is 0.214. The van der Waals surface area contributed by atoms with Crippen LogP contribution in [0.25, 0.3) is 0 Å². The molecule has 0 radical (unpaired) electrons. The number of rotatable bonds is 8. The van der Waals surface area contributed by atoms with Gasteiger partial charge in [0.05, 0.1) is 25.0 Å². The molecule has 2 heterocycles. The predicted molar refractivity (Wildman–Crippen MR) is 127 cm³/mol. The fraction of sp³-hybridized carbons (Fsp3) is 0.600. The van der Waals surface area contributed by atoms with Crippen molar-refractivity contribution in [1.82, 2.24) is 20.0 Å². The first-order chi connectivity index (χ1) is 15.7. The molecule has 7 nitrogen and oxygen atoms in total. The van der Waals surface area contributed by atoms with Gasteiger partial charge in [0.15, 0.2) is 0 Å². The molecule has 174 valence electrons. The van der Waals surface area contributed by atoms with Crippen molar-refractivity contribution in [3.63, 3.8) is 0 Å². The van der Waals surface area contributed by atoms with E-state index in [1.807, 2.05) is 29.9 Å². The average Bonchev–Trinajstić information content (AvgIpc) is 3.28. The van der Waals surface area contributed by atoms with Crippen molar-refractivity contribution >= 4 is 11.6 Å². The first-order valence-electron chi connectivity index (χ1n) is 12.2. The van der Waals surface area contributed by atoms with Crippen molar-refractivity contribution in [2.75, 3.05) is 44.2 Å². The van der Waals surface area contributed by atoms with Crippen LogP contribution in [0.1, 0.15) is 45.1 Å². The second-order valence-corrected chi connectivity index (χ2v) is 8.90. The van der Waals surface area contributed by atoms with Crippen LogP contribution in [0, 0.1) is 5.92 Å². The Balaban J connectivity index is 1.26. The van der Waals surface area contributed by atoms with Crippen LogP contribution in [-0.4, -0.2) is 66.0 Å². The van der Waals surface area contributed by atoms with Crippen molar-refractivity contribution in [3.8, 4) is 5.75 Å². The first-order valence-corrected chi connectivity index (χ1v) is 12.2. The molecule has 2 fully saturated rings. The second kappa shape index (κ2) is 10.9. The Morgan fingerprint density at radius 1 is 1.12 bits per heavy atom. The van der Waals surface area contributed by atoms with Gasteiger partial charge in [-0.1, -0.05) is 19.1 Å². The molecular weight excluding hydrogens is 402 g/mol. The number of carbonyl (C=O) groups excluding carboxylic acids is 1. The number of aromatic nitrogens is 2. The number of nitrogens with zero attached hydrogens (tertiary/aromatic N) is 4. The number of hydrogen-bond donors (Lipinski definition) is 1. The minimum atomic E-state index is 0.214. The Morgan fingerprint density at radius 3 is 2.62 bits per heavy atom. The van der Waals surface area contributed by atoms with Gasteiger partial charge in [-0.25, -0.2) is 0 Å². The largest absolute Gasteiger partial charge is 0.494 e. The number of anilines is 1. The van der Waals surface area contributed by atoms with Crippen LogP contribution in [0.3, 0.4) is 0 Å². The zero-order valence-electron chi connectivity index (χ0n) is 19.5. The fourth-order valence-corrected chi connectivity index (χ4v) is 4.97. The summed E-state index contributed by atoms with van der Waals surface area (Å²) in [5.74, 6) is 1.48. The van der Waals surface area contributed by atoms with Gasteiger partial charge in [0.2, 0.25) is 5.91 Å². The quantitative estimate of drug-likeness (QED) is 0.685. The summed E-state index contributed by atoms with van der Waals surface area (Å²) >= 11 is 0. The maximum atomic E-state index is 13.0. The molecule has 1 aliphatic heterocycles. The zero-order valence-corrected chi connectivity index (χ0v) is 19.5. The zero-order chi connectivity index (χ0) is 22.3. The van der Waals surface area contributed by atoms with Crippen molar-refractivity contribution in [3.05, 3.63) is 42.2 Å². The molecule has 0 bridgehead atoms. The number of benzene rings is 1. The van der Waals surface area contributed by atoms with Gasteiger partial charge in [-0.2, -0.15) is 5.10 Å². The van der Waals surface area contributed by atoms with Crippen molar-refractivity contribution in [1.29, 1.82) is 0 Å². The summed E-state index contributed by atoms with van der Waals surface area (Å²) in [5.41, 5.74) is 2.30. The third-order valence-corrected chi connectivity index (χ3v) is 6.70. The van der Waals surface area contributed by atoms with Crippen molar-refractivity contribution < 1.29 is 9.53 Å². The highest BCUT2D eigenvalue weighted by Crippen LogP contribution is 2.27. The highest BCUT2D eigenvalue weighted by atomic mass is 16.5. The molecule has 1 N–H and O–H groups in total. The third kappa shape index (κ3) is 5.63. The topological polar surface area (TPSA) is 62.6 Å². The molecule has 1 saturated carbocycles. The third-order valence-electron chi connectivity index (χ3n) is 6.70. The Kier molecular flexibility index (Phi) is 7.68. The van der Waals surface area contributed by atoms with Crippen LogP contribution in [-0.2, 0) is 11.3 Å². The summed E-state index contributed by atoms with van der Waals surface area (Å²) < 4.78 is 7.57. The smallest absolute Gasteiger partial charge is 0.225 e. The van der Waals surface area contributed by atoms with E-state index in [1.54, 1.807) is 0 Å². The monoisotopic (exact) mass is 439 g/mol. The van der Waals surface area contributed by atoms with Gasteiger partial charge in [-0.15, -0.1) is 0 Å². The lowest BCUT2D eigenvalue weighted by Gasteiger charge is -2.38. The number of nitrogens with one attached hydrogen (secondary N) is 1. The van der Waals surface area contributed by atoms with Gasteiger partial charge in [0.25, 0.3) is 0 Å². The highest BCUT2D eigenvalue weighted by molar-refractivity contribution is 5.79. The number of hydrogen-bond acceptors (Lipinski definition) is 5. The molecule has 7 heteroatoms. The lowest BCUT2D eigenvalue weighted by atomic mass is 9.85. The molecule has 1 aliphatic carbocycles. The van der Waals surface area contributed by atoms with Crippen LogP contribution in [0.15, 0.2) is 36.7 Å². The maximum Gasteiger partial charge on any atom is 0.225 e. The van der Waals surface area contributed by atoms with E-state index in [0.717, 1.165) is 76.4 Å². The molecule has 1 saturated heterocycles. The summed E-state index contributed by atoms with van der Waals surface area (Å²) in [5, 5.41) is 8.09. The molecule has 1 aromatic carbocycles. The highest BCUT2D eigenvalue weighted by Gasteiger charge is 2.31. The van der Waals surface area contributed by atoms with Crippen LogP contribution in [0.4, 0.5) is 5.69 Å². The minimum Gasteiger partial charge on any atom is -0.494 e. The van der Waals surface area contributed by atoms with Gasteiger partial charge in [0.1, 0.15) is 5.75 Å². The molecule has 1 aromatic heterocycles. The van der Waals surface area contributed by atoms with Gasteiger partial charge >= 0.3 is 0 Å². The molecule has 2 aliphatic rings. The van der Waals surface area contributed by atoms with E-state index in [-0.39, 0.29) is 5.92 Å². The van der Waals surface area contributed by atoms with E-state index in [9.17, 15) is 4.79 Å². The lowest BCUT2D eigenvalue weighted by molar-refractivity contribution is -0.137. The van der Waals surface area contributed by atoms with Gasteiger partial charge < -0.3 is 19.9 Å². The summed E-state index contributed by atoms with van der Waals surface area (Å²) in [6.07, 6.45) is 8.33. The average molecular weight is 440 g/mol. The number of piperazine rings is 1. The number of ether oxygens (including phenoxy) is 1. The normalized spacial score (nSPS) is 21.6. The summed E-state index contributed by atoms with van der Waals surface area (Å²) in [6.45, 7) is 9.88. The summed E-state index contributed by atoms with van der Waals surface area (Å²) in [6, 6.07) is 8.77. The lowest BCUT2D eigenvalue weighted by Crippen LogP contribution is -2.51. The summed E-state index contributed by atoms with van der Waals surface area (Å²) in [4.78, 5) is 17.4. The van der Waals surface area contributed by atoms with E-state index in [0.29, 0.717) is 18.6 Å². The van der Waals surface area contributed by atoms with Crippen molar-refractivity contribution in [2.24, 2.45) is 5.92 Å². The molecular formula is C25H37N5O2. The standard InChI is InChI=1S/C25H37N5O2/c1-3-26-22-10-8-21(9-11-22)25(31)29-14-12-28(13-15-29)23-17-27-30(19-23)18-20-6-5-7-24(16-20)32-4-2/h5-7,16-17,19,21-22,26H,3-4,8-15,18H2,1-2H3. The van der Waals surface area contributed by atoms with E-state index < -0.39 is 0 Å². The molecule has 0 unspecified atom stereocenters. The number of amides is 1. The van der Waals surface area contributed by atoms with Gasteiger partial charge in [-0.05, 0) is 56.8 Å². The number of carbonyl (C=O) groups is 1. The van der Waals surface area contributed by atoms with Crippen molar-refractivity contribution in [2.45, 2.75) is 52.1 Å². The van der Waals surface area contributed by atoms with Crippen LogP contribution >= 0.6 is 0 Å². The van der Waals surface area contributed by atoms with Crippen LogP contribution < -0.4 is 15.0 Å².